The summed E-state index contributed by atoms with van der Waals surface area (Å²) < 4.78 is 30.3. The first-order valence-corrected chi connectivity index (χ1v) is 17.0. The van der Waals surface area contributed by atoms with Crippen molar-refractivity contribution in [3.63, 3.8) is 0 Å². The summed E-state index contributed by atoms with van der Waals surface area (Å²) in [7, 11) is -1.90. The largest absolute Gasteiger partial charge is 0.453 e. The fraction of sp³-hybridized carbons (Fsp3) is 0.621. The Bertz CT molecular complexity index is 1370. The molecule has 230 valence electrons. The topological polar surface area (TPSA) is 151 Å². The quantitative estimate of drug-likeness (QED) is 0.419. The highest BCUT2D eigenvalue weighted by molar-refractivity contribution is 7.88. The number of ether oxygens (including phenoxy) is 1. The first kappa shape index (κ1) is 30.8. The highest BCUT2D eigenvalue weighted by Gasteiger charge is 2.44. The number of nitrogens with two attached hydrogens (primary N) is 1. The highest BCUT2D eigenvalue weighted by atomic mass is 35.5. The number of nitrogens with one attached hydrogen (secondary N) is 2. The molecule has 1 saturated carbocycles. The van der Waals surface area contributed by atoms with Crippen molar-refractivity contribution in [2.24, 2.45) is 29.4 Å². The number of sulfonamides is 1. The SMILES string of the molecule is COC(=O)Nc1ccc(-c2[nH]c([C@@H]3C[C@H](C4CCN(S(C)(=O)=O)CC4)CN3C(=O)[C@H]3CC[C@@H](CN)CC3)nc2Cl)cc1. The molecular formula is C29H41ClN6O5S. The summed E-state index contributed by atoms with van der Waals surface area (Å²) in [6.45, 7) is 2.32. The van der Waals surface area contributed by atoms with Crippen LogP contribution < -0.4 is 11.1 Å². The molecule has 0 bridgehead atoms. The van der Waals surface area contributed by atoms with E-state index in [-0.39, 0.29) is 23.8 Å². The molecule has 4 N–H and O–H groups in total. The zero-order valence-corrected chi connectivity index (χ0v) is 25.8. The Morgan fingerprint density at radius 2 is 1.76 bits per heavy atom. The van der Waals surface area contributed by atoms with Gasteiger partial charge in [-0.05, 0) is 81.4 Å². The van der Waals surface area contributed by atoms with Crippen LogP contribution in [0.2, 0.25) is 5.15 Å². The third-order valence-corrected chi connectivity index (χ3v) is 11.0. The van der Waals surface area contributed by atoms with Crippen LogP contribution in [0, 0.1) is 23.7 Å². The molecule has 2 aliphatic heterocycles. The minimum atomic E-state index is -3.21. The first-order chi connectivity index (χ1) is 20.1. The van der Waals surface area contributed by atoms with E-state index < -0.39 is 16.1 Å². The maximum atomic E-state index is 14.0. The third-order valence-electron chi connectivity index (χ3n) is 9.38. The van der Waals surface area contributed by atoms with E-state index in [0.717, 1.165) is 50.5 Å². The number of aromatic nitrogens is 2. The maximum absolute atomic E-state index is 14.0. The number of aromatic amines is 1. The van der Waals surface area contributed by atoms with Crippen molar-refractivity contribution in [1.29, 1.82) is 0 Å². The molecule has 2 atom stereocenters. The highest BCUT2D eigenvalue weighted by Crippen LogP contribution is 2.44. The number of carbonyl (C=O) groups excluding carboxylic acids is 2. The van der Waals surface area contributed by atoms with E-state index in [9.17, 15) is 18.0 Å². The van der Waals surface area contributed by atoms with Gasteiger partial charge in [0.2, 0.25) is 15.9 Å². The fourth-order valence-corrected chi connectivity index (χ4v) is 8.00. The van der Waals surface area contributed by atoms with E-state index >= 15 is 0 Å². The molecule has 3 fully saturated rings. The van der Waals surface area contributed by atoms with E-state index in [1.807, 2.05) is 17.0 Å². The van der Waals surface area contributed by atoms with Crippen molar-refractivity contribution in [1.82, 2.24) is 19.2 Å². The Labute approximate surface area is 252 Å². The van der Waals surface area contributed by atoms with Gasteiger partial charge in [0, 0.05) is 36.8 Å². The predicted molar refractivity (Wildman–Crippen MR) is 161 cm³/mol. The summed E-state index contributed by atoms with van der Waals surface area (Å²) in [6, 6.07) is 6.94. The molecular weight excluding hydrogens is 580 g/mol. The van der Waals surface area contributed by atoms with Crippen molar-refractivity contribution in [2.75, 3.05) is 44.9 Å². The number of likely N-dealkylation sites (tertiary alicyclic amines) is 1. The summed E-state index contributed by atoms with van der Waals surface area (Å²) in [5, 5.41) is 2.95. The van der Waals surface area contributed by atoms with Gasteiger partial charge in [-0.25, -0.2) is 22.5 Å². The Kier molecular flexibility index (Phi) is 9.46. The van der Waals surface area contributed by atoms with Gasteiger partial charge in [-0.3, -0.25) is 10.1 Å². The zero-order chi connectivity index (χ0) is 30.0. The minimum Gasteiger partial charge on any atom is -0.453 e. The Hall–Kier alpha value is -2.67. The van der Waals surface area contributed by atoms with Gasteiger partial charge in [-0.2, -0.15) is 0 Å². The van der Waals surface area contributed by atoms with Gasteiger partial charge in [0.1, 0.15) is 5.82 Å². The average Bonchev–Trinajstić information content (AvgIpc) is 3.61. The summed E-state index contributed by atoms with van der Waals surface area (Å²) in [4.78, 5) is 35.6. The van der Waals surface area contributed by atoms with Crippen LogP contribution in [0.25, 0.3) is 11.3 Å². The Morgan fingerprint density at radius 1 is 1.10 bits per heavy atom. The number of benzene rings is 1. The van der Waals surface area contributed by atoms with Crippen LogP contribution in [-0.2, 0) is 19.6 Å². The van der Waals surface area contributed by atoms with E-state index in [1.54, 1.807) is 16.4 Å². The van der Waals surface area contributed by atoms with Crippen molar-refractivity contribution < 1.29 is 22.7 Å². The van der Waals surface area contributed by atoms with Gasteiger partial charge in [0.15, 0.2) is 5.15 Å². The number of hydrogen-bond acceptors (Lipinski definition) is 7. The Morgan fingerprint density at radius 3 is 2.36 bits per heavy atom. The number of rotatable bonds is 7. The number of amides is 2. The fourth-order valence-electron chi connectivity index (χ4n) is 6.88. The zero-order valence-electron chi connectivity index (χ0n) is 24.2. The molecule has 42 heavy (non-hydrogen) atoms. The molecule has 3 aliphatic rings. The number of anilines is 1. The van der Waals surface area contributed by atoms with Crippen LogP contribution in [0.1, 0.15) is 56.8 Å². The summed E-state index contributed by atoms with van der Waals surface area (Å²) in [6.07, 6.45) is 6.65. The lowest BCUT2D eigenvalue weighted by Gasteiger charge is -2.34. The van der Waals surface area contributed by atoms with Crippen molar-refractivity contribution in [3.05, 3.63) is 35.2 Å². The molecule has 2 saturated heterocycles. The molecule has 1 aromatic carbocycles. The van der Waals surface area contributed by atoms with E-state index in [4.69, 9.17) is 22.3 Å². The number of piperidine rings is 1. The molecule has 0 spiro atoms. The number of methoxy groups -OCH3 is 1. The van der Waals surface area contributed by atoms with Crippen LogP contribution in [0.3, 0.4) is 0 Å². The van der Waals surface area contributed by atoms with Gasteiger partial charge in [-0.15, -0.1) is 0 Å². The number of halogens is 1. The standard InChI is InChI=1S/C29H41ClN6O5S/c1-41-29(38)32-23-9-7-20(8-10-23)25-26(30)34-27(33-25)24-15-22(19-11-13-35(14-12-19)42(2,39)40)17-36(24)28(37)21-5-3-18(16-31)4-6-21/h7-10,18-19,21-22,24H,3-6,11-17,31H2,1-2H3,(H,32,38)(H,33,34)/t18-,21+,22-,24-/m0/s1. The maximum Gasteiger partial charge on any atom is 0.411 e. The van der Waals surface area contributed by atoms with Gasteiger partial charge >= 0.3 is 6.09 Å². The smallest absolute Gasteiger partial charge is 0.411 e. The van der Waals surface area contributed by atoms with E-state index in [0.29, 0.717) is 60.4 Å². The normalized spacial score (nSPS) is 25.9. The first-order valence-electron chi connectivity index (χ1n) is 14.7. The molecule has 5 rings (SSSR count). The second kappa shape index (κ2) is 12.9. The second-order valence-corrected chi connectivity index (χ2v) is 14.3. The monoisotopic (exact) mass is 620 g/mol. The van der Waals surface area contributed by atoms with E-state index in [1.165, 1.54) is 13.4 Å². The molecule has 2 aromatic rings. The molecule has 11 nitrogen and oxygen atoms in total. The number of hydrogen-bond donors (Lipinski definition) is 3. The van der Waals surface area contributed by atoms with Crippen LogP contribution in [0.5, 0.6) is 0 Å². The minimum absolute atomic E-state index is 0.0270. The lowest BCUT2D eigenvalue weighted by Crippen LogP contribution is -2.41. The number of nitrogens with zero attached hydrogens (tertiary/aromatic N) is 3. The van der Waals surface area contributed by atoms with Crippen LogP contribution in [0.4, 0.5) is 10.5 Å². The average molecular weight is 621 g/mol. The van der Waals surface area contributed by atoms with Crippen LogP contribution >= 0.6 is 11.6 Å². The second-order valence-electron chi connectivity index (χ2n) is 11.9. The predicted octanol–water partition coefficient (Wildman–Crippen LogP) is 4.23. The van der Waals surface area contributed by atoms with Gasteiger partial charge < -0.3 is 20.4 Å². The summed E-state index contributed by atoms with van der Waals surface area (Å²) in [5.74, 6) is 1.86. The molecule has 2 amide bonds. The van der Waals surface area contributed by atoms with E-state index in [2.05, 4.69) is 15.0 Å². The van der Waals surface area contributed by atoms with Crippen molar-refractivity contribution in [2.45, 2.75) is 51.0 Å². The van der Waals surface area contributed by atoms with Gasteiger partial charge in [0.05, 0.1) is 25.1 Å². The van der Waals surface area contributed by atoms with Crippen molar-refractivity contribution >= 4 is 39.3 Å². The molecule has 1 aromatic heterocycles. The number of imidazole rings is 1. The molecule has 0 unspecified atom stereocenters. The Balaban J connectivity index is 1.36. The molecule has 1 aliphatic carbocycles. The summed E-state index contributed by atoms with van der Waals surface area (Å²) in [5.41, 5.74) is 7.93. The van der Waals surface area contributed by atoms with Gasteiger partial charge in [0.25, 0.3) is 0 Å². The van der Waals surface area contributed by atoms with Crippen LogP contribution in [-0.4, -0.2) is 79.1 Å². The third kappa shape index (κ3) is 6.77. The van der Waals surface area contributed by atoms with Gasteiger partial charge in [-0.1, -0.05) is 23.7 Å². The summed E-state index contributed by atoms with van der Waals surface area (Å²) >= 11 is 6.65. The lowest BCUT2D eigenvalue weighted by atomic mass is 9.81. The molecule has 0 radical (unpaired) electrons. The molecule has 13 heteroatoms. The van der Waals surface area contributed by atoms with Crippen molar-refractivity contribution in [3.8, 4) is 11.3 Å². The lowest BCUT2D eigenvalue weighted by molar-refractivity contribution is -0.138. The number of H-pyrrole nitrogens is 1. The number of carbonyl (C=O) groups is 2. The van der Waals surface area contributed by atoms with Crippen LogP contribution in [0.15, 0.2) is 24.3 Å². The molecule has 3 heterocycles.